The maximum atomic E-state index is 3.44. The van der Waals surface area contributed by atoms with Crippen molar-refractivity contribution in [1.29, 1.82) is 0 Å². The number of hydrogen-bond donors (Lipinski definition) is 2. The normalized spacial score (nSPS) is 19.3. The second-order valence-electron chi connectivity index (χ2n) is 4.91. The molecule has 1 aliphatic heterocycles. The highest BCUT2D eigenvalue weighted by Crippen LogP contribution is 2.21. The van der Waals surface area contributed by atoms with Crippen molar-refractivity contribution in [2.24, 2.45) is 0 Å². The summed E-state index contributed by atoms with van der Waals surface area (Å²) in [7, 11) is 2.07. The number of rotatable bonds is 8. The van der Waals surface area contributed by atoms with E-state index in [9.17, 15) is 0 Å². The van der Waals surface area contributed by atoms with Crippen molar-refractivity contribution in [3.63, 3.8) is 0 Å². The highest BCUT2D eigenvalue weighted by atomic mass is 14.9. The molecule has 102 valence electrons. The van der Waals surface area contributed by atoms with Crippen molar-refractivity contribution in [3.05, 3.63) is 35.6 Å². The Morgan fingerprint density at radius 3 is 2.94 bits per heavy atom. The molecule has 0 saturated heterocycles. The Morgan fingerprint density at radius 2 is 2.28 bits per heavy atom. The van der Waals surface area contributed by atoms with Gasteiger partial charge in [0.05, 0.1) is 0 Å². The molecule has 2 nitrogen and oxygen atoms in total. The Morgan fingerprint density at radius 1 is 1.44 bits per heavy atom. The molecule has 0 bridgehead atoms. The highest BCUT2D eigenvalue weighted by molar-refractivity contribution is 5.39. The van der Waals surface area contributed by atoms with E-state index in [1.807, 2.05) is 0 Å². The zero-order chi connectivity index (χ0) is 13.2. The van der Waals surface area contributed by atoms with Crippen LogP contribution in [0.15, 0.2) is 35.6 Å². The van der Waals surface area contributed by atoms with Gasteiger partial charge in [0.25, 0.3) is 0 Å². The summed E-state index contributed by atoms with van der Waals surface area (Å²) in [5, 5.41) is 6.78. The lowest BCUT2D eigenvalue weighted by molar-refractivity contribution is 0.499. The predicted molar refractivity (Wildman–Crippen MR) is 80.6 cm³/mol. The van der Waals surface area contributed by atoms with Crippen LogP contribution in [0.5, 0.6) is 0 Å². The van der Waals surface area contributed by atoms with Crippen LogP contribution in [-0.4, -0.2) is 19.6 Å². The molecule has 18 heavy (non-hydrogen) atoms. The van der Waals surface area contributed by atoms with Gasteiger partial charge in [-0.15, -0.1) is 0 Å². The summed E-state index contributed by atoms with van der Waals surface area (Å²) in [6.07, 6.45) is 14.9. The average molecular weight is 248 g/mol. The minimum absolute atomic E-state index is 0.606. The van der Waals surface area contributed by atoms with Crippen molar-refractivity contribution in [2.75, 3.05) is 13.6 Å². The van der Waals surface area contributed by atoms with E-state index >= 15 is 0 Å². The topological polar surface area (TPSA) is 24.1 Å². The molecule has 1 unspecified atom stereocenters. The quantitative estimate of drug-likeness (QED) is 0.686. The number of hydrogen-bond acceptors (Lipinski definition) is 2. The fraction of sp³-hybridized carbons (Fsp3) is 0.625. The van der Waals surface area contributed by atoms with Gasteiger partial charge >= 0.3 is 0 Å². The van der Waals surface area contributed by atoms with Crippen LogP contribution in [0.4, 0.5) is 0 Å². The fourth-order valence-electron chi connectivity index (χ4n) is 2.23. The highest BCUT2D eigenvalue weighted by Gasteiger charge is 2.15. The number of unbranched alkanes of at least 4 members (excludes halogenated alkanes) is 1. The molecular formula is C16H28N2. The first-order valence-corrected chi connectivity index (χ1v) is 7.27. The lowest BCUT2D eigenvalue weighted by atomic mass is 9.97. The minimum atomic E-state index is 0.606. The summed E-state index contributed by atoms with van der Waals surface area (Å²) in [6.45, 7) is 5.40. The van der Waals surface area contributed by atoms with Crippen LogP contribution >= 0.6 is 0 Å². The molecule has 2 heteroatoms. The van der Waals surface area contributed by atoms with Crippen molar-refractivity contribution >= 4 is 0 Å². The van der Waals surface area contributed by atoms with Crippen LogP contribution in [0, 0.1) is 0 Å². The van der Waals surface area contributed by atoms with Crippen LogP contribution in [-0.2, 0) is 0 Å². The van der Waals surface area contributed by atoms with Crippen LogP contribution in [0.25, 0.3) is 0 Å². The van der Waals surface area contributed by atoms with Gasteiger partial charge in [-0.1, -0.05) is 44.9 Å². The van der Waals surface area contributed by atoms with Gasteiger partial charge in [0.15, 0.2) is 0 Å². The Kier molecular flexibility index (Phi) is 7.51. The fourth-order valence-corrected chi connectivity index (χ4v) is 2.23. The number of nitrogens with one attached hydrogen (secondary N) is 2. The van der Waals surface area contributed by atoms with Crippen LogP contribution in [0.3, 0.4) is 0 Å². The van der Waals surface area contributed by atoms with E-state index in [1.165, 1.54) is 30.4 Å². The molecule has 1 aliphatic rings. The van der Waals surface area contributed by atoms with E-state index in [4.69, 9.17) is 0 Å². The molecule has 1 heterocycles. The van der Waals surface area contributed by atoms with Gasteiger partial charge < -0.3 is 10.6 Å². The summed E-state index contributed by atoms with van der Waals surface area (Å²) in [5.74, 6) is 0. The van der Waals surface area contributed by atoms with Gasteiger partial charge in [0.1, 0.15) is 0 Å². The summed E-state index contributed by atoms with van der Waals surface area (Å²) in [6, 6.07) is 0.606. The maximum absolute atomic E-state index is 3.44. The molecule has 0 aromatic heterocycles. The van der Waals surface area contributed by atoms with E-state index in [2.05, 4.69) is 56.0 Å². The smallest absolute Gasteiger partial charge is 0.0398 e. The van der Waals surface area contributed by atoms with Crippen LogP contribution in [0.2, 0.25) is 0 Å². The lowest BCUT2D eigenvalue weighted by Gasteiger charge is -2.16. The predicted octanol–water partition coefficient (Wildman–Crippen LogP) is 3.53. The molecule has 0 radical (unpaired) electrons. The summed E-state index contributed by atoms with van der Waals surface area (Å²) in [5.41, 5.74) is 2.91. The monoisotopic (exact) mass is 248 g/mol. The summed E-state index contributed by atoms with van der Waals surface area (Å²) < 4.78 is 0. The lowest BCUT2D eigenvalue weighted by Crippen LogP contribution is -2.25. The Labute approximate surface area is 112 Å². The van der Waals surface area contributed by atoms with Gasteiger partial charge in [0, 0.05) is 18.8 Å². The SMILES string of the molecule is CC/C=C\C=C1/CNC=C1CC(CCCC)NC. The zero-order valence-electron chi connectivity index (χ0n) is 12.1. The molecule has 1 atom stereocenters. The van der Waals surface area contributed by atoms with Crippen molar-refractivity contribution in [2.45, 2.75) is 52.0 Å². The van der Waals surface area contributed by atoms with Gasteiger partial charge in [-0.05, 0) is 37.5 Å². The molecule has 0 aromatic rings. The van der Waals surface area contributed by atoms with E-state index < -0.39 is 0 Å². The maximum Gasteiger partial charge on any atom is 0.0398 e. The Balaban J connectivity index is 2.53. The third kappa shape index (κ3) is 5.09. The molecule has 0 aromatic carbocycles. The first-order valence-electron chi connectivity index (χ1n) is 7.27. The van der Waals surface area contributed by atoms with Crippen molar-refractivity contribution in [3.8, 4) is 0 Å². The van der Waals surface area contributed by atoms with Gasteiger partial charge in [0.2, 0.25) is 0 Å². The molecule has 1 rings (SSSR count). The van der Waals surface area contributed by atoms with Crippen molar-refractivity contribution in [1.82, 2.24) is 10.6 Å². The van der Waals surface area contributed by atoms with E-state index in [-0.39, 0.29) is 0 Å². The second-order valence-corrected chi connectivity index (χ2v) is 4.91. The van der Waals surface area contributed by atoms with E-state index in [1.54, 1.807) is 0 Å². The molecule has 0 spiro atoms. The first-order chi connectivity index (χ1) is 8.81. The van der Waals surface area contributed by atoms with Gasteiger partial charge in [-0.2, -0.15) is 0 Å². The summed E-state index contributed by atoms with van der Waals surface area (Å²) >= 11 is 0. The van der Waals surface area contributed by atoms with Gasteiger partial charge in [-0.3, -0.25) is 0 Å². The van der Waals surface area contributed by atoms with Gasteiger partial charge in [-0.25, -0.2) is 0 Å². The van der Waals surface area contributed by atoms with Crippen LogP contribution in [0.1, 0.15) is 46.0 Å². The van der Waals surface area contributed by atoms with Crippen molar-refractivity contribution < 1.29 is 0 Å². The molecule has 0 amide bonds. The first kappa shape index (κ1) is 15.0. The third-order valence-corrected chi connectivity index (χ3v) is 3.43. The number of allylic oxidation sites excluding steroid dienone is 3. The second kappa shape index (κ2) is 8.98. The van der Waals surface area contributed by atoms with E-state index in [0.717, 1.165) is 19.4 Å². The van der Waals surface area contributed by atoms with E-state index in [0.29, 0.717) is 6.04 Å². The Bertz CT molecular complexity index is 313. The molecule has 0 aliphatic carbocycles. The standard InChI is InChI=1S/C16H28N2/c1-4-6-8-9-14-12-18-13-15(14)11-16(17-3)10-7-5-2/h6,8-9,13,16-18H,4-5,7,10-12H2,1-3H3/b8-6-,14-9+. The zero-order valence-corrected chi connectivity index (χ0v) is 12.1. The molecular weight excluding hydrogens is 220 g/mol. The van der Waals surface area contributed by atoms with Crippen LogP contribution < -0.4 is 10.6 Å². The third-order valence-electron chi connectivity index (χ3n) is 3.43. The average Bonchev–Trinajstić information content (AvgIpc) is 2.82. The Hall–Kier alpha value is -1.02. The largest absolute Gasteiger partial charge is 0.387 e. The molecule has 2 N–H and O–H groups in total. The molecule has 0 fully saturated rings. The molecule has 0 saturated carbocycles. The summed E-state index contributed by atoms with van der Waals surface area (Å²) in [4.78, 5) is 0. The minimum Gasteiger partial charge on any atom is -0.387 e.